The van der Waals surface area contributed by atoms with Gasteiger partial charge in [0.1, 0.15) is 5.82 Å². The smallest absolute Gasteiger partial charge is 0.337 e. The summed E-state index contributed by atoms with van der Waals surface area (Å²) in [6.07, 6.45) is -4.44. The lowest BCUT2D eigenvalue weighted by molar-refractivity contribution is -0.137. The van der Waals surface area contributed by atoms with E-state index < -0.39 is 23.5 Å². The molecule has 6 heteroatoms. The van der Waals surface area contributed by atoms with Crippen molar-refractivity contribution in [3.8, 4) is 0 Å². The Morgan fingerprint density at radius 2 is 1.64 bits per heavy atom. The molecule has 0 radical (unpaired) electrons. The van der Waals surface area contributed by atoms with Gasteiger partial charge in [-0.25, -0.2) is 4.39 Å². The lowest BCUT2D eigenvalue weighted by Crippen LogP contribution is -2.26. The van der Waals surface area contributed by atoms with Crippen LogP contribution in [0, 0.1) is 5.82 Å². The summed E-state index contributed by atoms with van der Waals surface area (Å²) in [5.74, 6) is -0.911. The molecule has 0 aliphatic rings. The zero-order chi connectivity index (χ0) is 16.3. The third-order valence-electron chi connectivity index (χ3n) is 3.17. The van der Waals surface area contributed by atoms with E-state index in [0.717, 1.165) is 24.3 Å². The van der Waals surface area contributed by atoms with Crippen molar-refractivity contribution in [2.45, 2.75) is 12.7 Å². The van der Waals surface area contributed by atoms with E-state index in [9.17, 15) is 22.4 Å². The predicted molar refractivity (Wildman–Crippen MR) is 73.6 cm³/mol. The van der Waals surface area contributed by atoms with Crippen molar-refractivity contribution in [1.82, 2.24) is 4.90 Å². The van der Waals surface area contributed by atoms with Gasteiger partial charge in [0.15, 0.2) is 0 Å². The second kappa shape index (κ2) is 6.17. The SMILES string of the molecule is CN(Cc1ccccc1F)C(=O)c1ccc(C(F)(F)F)cc1. The molecule has 2 aromatic rings. The maximum atomic E-state index is 13.5. The summed E-state index contributed by atoms with van der Waals surface area (Å²) < 4.78 is 51.0. The van der Waals surface area contributed by atoms with Gasteiger partial charge in [0.05, 0.1) is 5.56 Å². The first kappa shape index (κ1) is 16.0. The van der Waals surface area contributed by atoms with E-state index in [1.165, 1.54) is 24.1 Å². The minimum absolute atomic E-state index is 0.0343. The molecule has 0 fully saturated rings. The Morgan fingerprint density at radius 3 is 2.18 bits per heavy atom. The van der Waals surface area contributed by atoms with E-state index in [1.54, 1.807) is 12.1 Å². The molecule has 0 atom stereocenters. The van der Waals surface area contributed by atoms with Crippen LogP contribution in [0.15, 0.2) is 48.5 Å². The normalized spacial score (nSPS) is 11.3. The predicted octanol–water partition coefficient (Wildman–Crippen LogP) is 4.12. The summed E-state index contributed by atoms with van der Waals surface area (Å²) in [5, 5.41) is 0. The second-order valence-corrected chi connectivity index (χ2v) is 4.83. The molecule has 22 heavy (non-hydrogen) atoms. The molecule has 0 spiro atoms. The lowest BCUT2D eigenvalue weighted by atomic mass is 10.1. The average Bonchev–Trinajstić information content (AvgIpc) is 2.48. The molecule has 0 unspecified atom stereocenters. The van der Waals surface area contributed by atoms with E-state index in [2.05, 4.69) is 0 Å². The number of amides is 1. The Morgan fingerprint density at radius 1 is 1.05 bits per heavy atom. The molecule has 116 valence electrons. The highest BCUT2D eigenvalue weighted by atomic mass is 19.4. The highest BCUT2D eigenvalue weighted by Crippen LogP contribution is 2.29. The van der Waals surface area contributed by atoms with E-state index in [1.807, 2.05) is 0 Å². The van der Waals surface area contributed by atoms with Gasteiger partial charge in [0, 0.05) is 24.7 Å². The van der Waals surface area contributed by atoms with Gasteiger partial charge in [-0.3, -0.25) is 4.79 Å². The molecule has 0 bridgehead atoms. The monoisotopic (exact) mass is 311 g/mol. The number of carbonyl (C=O) groups excluding carboxylic acids is 1. The van der Waals surface area contributed by atoms with E-state index >= 15 is 0 Å². The number of benzene rings is 2. The molecule has 1 amide bonds. The summed E-state index contributed by atoms with van der Waals surface area (Å²) in [6.45, 7) is 0.0343. The fourth-order valence-electron chi connectivity index (χ4n) is 1.98. The summed E-state index contributed by atoms with van der Waals surface area (Å²) in [4.78, 5) is 13.4. The van der Waals surface area contributed by atoms with Crippen molar-refractivity contribution in [3.05, 3.63) is 71.0 Å². The number of rotatable bonds is 3. The Kier molecular flexibility index (Phi) is 4.49. The zero-order valence-corrected chi connectivity index (χ0v) is 11.7. The summed E-state index contributed by atoms with van der Waals surface area (Å²) in [6, 6.07) is 9.95. The van der Waals surface area contributed by atoms with Crippen LogP contribution >= 0.6 is 0 Å². The number of nitrogens with zero attached hydrogens (tertiary/aromatic N) is 1. The number of carbonyl (C=O) groups is 1. The van der Waals surface area contributed by atoms with Gasteiger partial charge in [-0.1, -0.05) is 18.2 Å². The molecule has 0 aliphatic heterocycles. The molecular formula is C16H13F4NO. The molecule has 2 aromatic carbocycles. The van der Waals surface area contributed by atoms with E-state index in [4.69, 9.17) is 0 Å². The number of halogens is 4. The summed E-state index contributed by atoms with van der Waals surface area (Å²) in [5.41, 5.74) is -0.363. The van der Waals surface area contributed by atoms with E-state index in [0.29, 0.717) is 5.56 Å². The third-order valence-corrected chi connectivity index (χ3v) is 3.17. The molecule has 0 saturated heterocycles. The van der Waals surface area contributed by atoms with Gasteiger partial charge in [0.2, 0.25) is 0 Å². The fourth-order valence-corrected chi connectivity index (χ4v) is 1.98. The summed E-state index contributed by atoms with van der Waals surface area (Å²) >= 11 is 0. The Labute approximate surface area is 125 Å². The standard InChI is InChI=1S/C16H13F4NO/c1-21(10-12-4-2-3-5-14(12)17)15(22)11-6-8-13(9-7-11)16(18,19)20/h2-9H,10H2,1H3. The number of hydrogen-bond acceptors (Lipinski definition) is 1. The average molecular weight is 311 g/mol. The highest BCUT2D eigenvalue weighted by Gasteiger charge is 2.30. The van der Waals surface area contributed by atoms with Crippen molar-refractivity contribution in [1.29, 1.82) is 0 Å². The summed E-state index contributed by atoms with van der Waals surface area (Å²) in [7, 11) is 1.46. The van der Waals surface area contributed by atoms with Gasteiger partial charge in [-0.15, -0.1) is 0 Å². The van der Waals surface area contributed by atoms with Crippen LogP contribution in [0.1, 0.15) is 21.5 Å². The van der Waals surface area contributed by atoms with Crippen molar-refractivity contribution in [2.75, 3.05) is 7.05 Å². The zero-order valence-electron chi connectivity index (χ0n) is 11.7. The molecule has 2 rings (SSSR count). The number of hydrogen-bond donors (Lipinski definition) is 0. The van der Waals surface area contributed by atoms with Crippen molar-refractivity contribution < 1.29 is 22.4 Å². The first-order valence-electron chi connectivity index (χ1n) is 6.45. The van der Waals surface area contributed by atoms with Crippen LogP contribution in [-0.4, -0.2) is 17.9 Å². The largest absolute Gasteiger partial charge is 0.416 e. The quantitative estimate of drug-likeness (QED) is 0.781. The maximum absolute atomic E-state index is 13.5. The first-order valence-corrected chi connectivity index (χ1v) is 6.45. The molecule has 0 heterocycles. The number of alkyl halides is 3. The van der Waals surface area contributed by atoms with Crippen LogP contribution < -0.4 is 0 Å². The molecule has 0 saturated carbocycles. The molecular weight excluding hydrogens is 298 g/mol. The Hall–Kier alpha value is -2.37. The van der Waals surface area contributed by atoms with Crippen LogP contribution in [0.3, 0.4) is 0 Å². The minimum atomic E-state index is -4.44. The fraction of sp³-hybridized carbons (Fsp3) is 0.188. The van der Waals surface area contributed by atoms with Gasteiger partial charge in [-0.05, 0) is 30.3 Å². The Balaban J connectivity index is 2.12. The van der Waals surface area contributed by atoms with Gasteiger partial charge in [0.25, 0.3) is 5.91 Å². The topological polar surface area (TPSA) is 20.3 Å². The van der Waals surface area contributed by atoms with Crippen molar-refractivity contribution in [2.24, 2.45) is 0 Å². The third kappa shape index (κ3) is 3.63. The second-order valence-electron chi connectivity index (χ2n) is 4.83. The molecule has 2 nitrogen and oxygen atoms in total. The van der Waals surface area contributed by atoms with E-state index in [-0.39, 0.29) is 12.1 Å². The van der Waals surface area contributed by atoms with Crippen molar-refractivity contribution >= 4 is 5.91 Å². The van der Waals surface area contributed by atoms with Gasteiger partial charge < -0.3 is 4.90 Å². The first-order chi connectivity index (χ1) is 10.3. The van der Waals surface area contributed by atoms with Crippen LogP contribution in [0.25, 0.3) is 0 Å². The van der Waals surface area contributed by atoms with Crippen LogP contribution in [0.5, 0.6) is 0 Å². The highest BCUT2D eigenvalue weighted by molar-refractivity contribution is 5.94. The van der Waals surface area contributed by atoms with Crippen LogP contribution in [0.2, 0.25) is 0 Å². The van der Waals surface area contributed by atoms with Gasteiger partial charge in [-0.2, -0.15) is 13.2 Å². The van der Waals surface area contributed by atoms with Crippen LogP contribution in [0.4, 0.5) is 17.6 Å². The molecule has 0 aromatic heterocycles. The molecule has 0 aliphatic carbocycles. The van der Waals surface area contributed by atoms with Gasteiger partial charge >= 0.3 is 6.18 Å². The Bertz CT molecular complexity index is 665. The minimum Gasteiger partial charge on any atom is -0.337 e. The molecule has 0 N–H and O–H groups in total. The lowest BCUT2D eigenvalue weighted by Gasteiger charge is -2.18. The maximum Gasteiger partial charge on any atom is 0.416 e. The van der Waals surface area contributed by atoms with Crippen LogP contribution in [-0.2, 0) is 12.7 Å². The van der Waals surface area contributed by atoms with Crippen molar-refractivity contribution in [3.63, 3.8) is 0 Å².